The van der Waals surface area contributed by atoms with Crippen molar-refractivity contribution >= 4 is 0 Å². The molecular formula is C14H23NO2. The third-order valence-corrected chi connectivity index (χ3v) is 2.57. The fourth-order valence-electron chi connectivity index (χ4n) is 1.68. The van der Waals surface area contributed by atoms with Crippen molar-refractivity contribution in [3.8, 4) is 5.75 Å². The lowest BCUT2D eigenvalue weighted by molar-refractivity contribution is 0.159. The van der Waals surface area contributed by atoms with E-state index in [9.17, 15) is 5.11 Å². The Balaban J connectivity index is 2.55. The SMILES string of the molecule is COc1ccccc1C(O)CCNC(C)(C)C. The Bertz CT molecular complexity index is 344. The van der Waals surface area contributed by atoms with Gasteiger partial charge in [0.05, 0.1) is 13.2 Å². The fraction of sp³-hybridized carbons (Fsp3) is 0.571. The van der Waals surface area contributed by atoms with Crippen LogP contribution in [0.1, 0.15) is 38.9 Å². The number of benzene rings is 1. The van der Waals surface area contributed by atoms with Crippen LogP contribution in [0.2, 0.25) is 0 Å². The largest absolute Gasteiger partial charge is 0.496 e. The van der Waals surface area contributed by atoms with Crippen LogP contribution in [0.15, 0.2) is 24.3 Å². The van der Waals surface area contributed by atoms with E-state index < -0.39 is 6.10 Å². The molecule has 0 aliphatic carbocycles. The summed E-state index contributed by atoms with van der Waals surface area (Å²) in [5.74, 6) is 0.746. The van der Waals surface area contributed by atoms with Crippen molar-refractivity contribution in [2.24, 2.45) is 0 Å². The van der Waals surface area contributed by atoms with Crippen LogP contribution in [0.25, 0.3) is 0 Å². The summed E-state index contributed by atoms with van der Waals surface area (Å²) in [7, 11) is 1.62. The van der Waals surface area contributed by atoms with Gasteiger partial charge in [0.1, 0.15) is 5.75 Å². The molecule has 1 rings (SSSR count). The molecule has 96 valence electrons. The second kappa shape index (κ2) is 6.03. The second-order valence-electron chi connectivity index (χ2n) is 5.22. The highest BCUT2D eigenvalue weighted by atomic mass is 16.5. The summed E-state index contributed by atoms with van der Waals surface area (Å²) >= 11 is 0. The lowest BCUT2D eigenvalue weighted by Gasteiger charge is -2.22. The first-order valence-electron chi connectivity index (χ1n) is 6.00. The average Bonchev–Trinajstić information content (AvgIpc) is 2.27. The highest BCUT2D eigenvalue weighted by molar-refractivity contribution is 5.34. The van der Waals surface area contributed by atoms with Crippen LogP contribution in [0.5, 0.6) is 5.75 Å². The van der Waals surface area contributed by atoms with Crippen LogP contribution in [0, 0.1) is 0 Å². The van der Waals surface area contributed by atoms with E-state index in [1.807, 2.05) is 24.3 Å². The van der Waals surface area contributed by atoms with Crippen LogP contribution < -0.4 is 10.1 Å². The summed E-state index contributed by atoms with van der Waals surface area (Å²) in [6.07, 6.45) is 0.193. The highest BCUT2D eigenvalue weighted by Gasteiger charge is 2.14. The van der Waals surface area contributed by atoms with Gasteiger partial charge in [-0.1, -0.05) is 18.2 Å². The van der Waals surface area contributed by atoms with E-state index in [4.69, 9.17) is 4.74 Å². The summed E-state index contributed by atoms with van der Waals surface area (Å²) in [5.41, 5.74) is 0.936. The summed E-state index contributed by atoms with van der Waals surface area (Å²) in [6, 6.07) is 7.59. The Hall–Kier alpha value is -1.06. The third kappa shape index (κ3) is 4.75. The molecule has 0 aliphatic heterocycles. The van der Waals surface area contributed by atoms with Gasteiger partial charge in [-0.3, -0.25) is 0 Å². The molecule has 3 nitrogen and oxygen atoms in total. The van der Waals surface area contributed by atoms with E-state index in [1.54, 1.807) is 7.11 Å². The number of rotatable bonds is 5. The monoisotopic (exact) mass is 237 g/mol. The molecule has 2 N–H and O–H groups in total. The van der Waals surface area contributed by atoms with Crippen molar-refractivity contribution in [2.75, 3.05) is 13.7 Å². The Morgan fingerprint density at radius 3 is 2.53 bits per heavy atom. The molecule has 0 saturated carbocycles. The van der Waals surface area contributed by atoms with E-state index in [0.29, 0.717) is 6.42 Å². The molecule has 0 radical (unpaired) electrons. The highest BCUT2D eigenvalue weighted by Crippen LogP contribution is 2.26. The molecule has 1 atom stereocenters. The quantitative estimate of drug-likeness (QED) is 0.826. The lowest BCUT2D eigenvalue weighted by atomic mass is 10.0. The Kier molecular flexibility index (Phi) is 4.97. The maximum absolute atomic E-state index is 10.1. The van der Waals surface area contributed by atoms with Crippen molar-refractivity contribution in [3.05, 3.63) is 29.8 Å². The second-order valence-corrected chi connectivity index (χ2v) is 5.22. The zero-order valence-corrected chi connectivity index (χ0v) is 11.2. The average molecular weight is 237 g/mol. The van der Waals surface area contributed by atoms with Gasteiger partial charge in [0.25, 0.3) is 0 Å². The van der Waals surface area contributed by atoms with Gasteiger partial charge in [0, 0.05) is 11.1 Å². The number of hydrogen-bond donors (Lipinski definition) is 2. The molecule has 1 aromatic carbocycles. The topological polar surface area (TPSA) is 41.5 Å². The van der Waals surface area contributed by atoms with Crippen LogP contribution in [-0.4, -0.2) is 24.3 Å². The minimum atomic E-state index is -0.485. The minimum Gasteiger partial charge on any atom is -0.496 e. The molecule has 0 saturated heterocycles. The molecule has 1 aromatic rings. The number of nitrogens with one attached hydrogen (secondary N) is 1. The van der Waals surface area contributed by atoms with Gasteiger partial charge in [0.15, 0.2) is 0 Å². The zero-order valence-electron chi connectivity index (χ0n) is 11.2. The van der Waals surface area contributed by atoms with Gasteiger partial charge in [-0.25, -0.2) is 0 Å². The first-order chi connectivity index (χ1) is 7.94. The normalized spacial score (nSPS) is 13.5. The maximum Gasteiger partial charge on any atom is 0.124 e. The number of aliphatic hydroxyl groups excluding tert-OH is 1. The first kappa shape index (κ1) is 14.0. The molecule has 17 heavy (non-hydrogen) atoms. The van der Waals surface area contributed by atoms with Gasteiger partial charge in [0.2, 0.25) is 0 Å². The van der Waals surface area contributed by atoms with Gasteiger partial charge in [-0.2, -0.15) is 0 Å². The predicted octanol–water partition coefficient (Wildman–Crippen LogP) is 2.51. The Morgan fingerprint density at radius 1 is 1.29 bits per heavy atom. The van der Waals surface area contributed by atoms with Crippen molar-refractivity contribution in [1.82, 2.24) is 5.32 Å². The number of para-hydroxylation sites is 1. The van der Waals surface area contributed by atoms with E-state index in [2.05, 4.69) is 26.1 Å². The molecule has 0 aromatic heterocycles. The predicted molar refractivity (Wildman–Crippen MR) is 70.3 cm³/mol. The van der Waals surface area contributed by atoms with Crippen LogP contribution in [0.4, 0.5) is 0 Å². The van der Waals surface area contributed by atoms with E-state index in [-0.39, 0.29) is 5.54 Å². The molecule has 3 heteroatoms. The zero-order chi connectivity index (χ0) is 12.9. The Morgan fingerprint density at radius 2 is 1.94 bits per heavy atom. The van der Waals surface area contributed by atoms with E-state index in [1.165, 1.54) is 0 Å². The van der Waals surface area contributed by atoms with Crippen LogP contribution in [-0.2, 0) is 0 Å². The van der Waals surface area contributed by atoms with Crippen molar-refractivity contribution in [1.29, 1.82) is 0 Å². The van der Waals surface area contributed by atoms with E-state index in [0.717, 1.165) is 17.9 Å². The molecule has 0 heterocycles. The Labute approximate surface area is 104 Å². The molecular weight excluding hydrogens is 214 g/mol. The van der Waals surface area contributed by atoms with E-state index >= 15 is 0 Å². The molecule has 0 amide bonds. The van der Waals surface area contributed by atoms with Crippen LogP contribution in [0.3, 0.4) is 0 Å². The molecule has 0 spiro atoms. The third-order valence-electron chi connectivity index (χ3n) is 2.57. The molecule has 0 bridgehead atoms. The van der Waals surface area contributed by atoms with Gasteiger partial charge < -0.3 is 15.2 Å². The van der Waals surface area contributed by atoms with Crippen molar-refractivity contribution in [3.63, 3.8) is 0 Å². The first-order valence-corrected chi connectivity index (χ1v) is 6.00. The number of aliphatic hydroxyl groups is 1. The standard InChI is InChI=1S/C14H23NO2/c1-14(2,3)15-10-9-12(16)11-7-5-6-8-13(11)17-4/h5-8,12,15-16H,9-10H2,1-4H3. The van der Waals surface area contributed by atoms with Gasteiger partial charge in [-0.05, 0) is 39.8 Å². The number of methoxy groups -OCH3 is 1. The maximum atomic E-state index is 10.1. The molecule has 1 unspecified atom stereocenters. The van der Waals surface area contributed by atoms with Crippen LogP contribution >= 0.6 is 0 Å². The minimum absolute atomic E-state index is 0.0838. The molecule has 0 aliphatic rings. The number of hydrogen-bond acceptors (Lipinski definition) is 3. The summed E-state index contributed by atoms with van der Waals surface area (Å²) in [6.45, 7) is 7.12. The summed E-state index contributed by atoms with van der Waals surface area (Å²) < 4.78 is 5.23. The smallest absolute Gasteiger partial charge is 0.124 e. The lowest BCUT2D eigenvalue weighted by Crippen LogP contribution is -2.36. The summed E-state index contributed by atoms with van der Waals surface area (Å²) in [5, 5.41) is 13.5. The van der Waals surface area contributed by atoms with Crippen molar-refractivity contribution < 1.29 is 9.84 Å². The molecule has 0 fully saturated rings. The number of ether oxygens (including phenoxy) is 1. The van der Waals surface area contributed by atoms with Gasteiger partial charge in [-0.15, -0.1) is 0 Å². The fourth-order valence-corrected chi connectivity index (χ4v) is 1.68. The summed E-state index contributed by atoms with van der Waals surface area (Å²) in [4.78, 5) is 0. The van der Waals surface area contributed by atoms with Gasteiger partial charge >= 0.3 is 0 Å². The van der Waals surface area contributed by atoms with Crippen molar-refractivity contribution in [2.45, 2.75) is 38.8 Å².